The molecule has 0 aliphatic carbocycles. The van der Waals surface area contributed by atoms with Gasteiger partial charge in [-0.1, -0.05) is 48.8 Å². The second-order valence-corrected chi connectivity index (χ2v) is 5.96. The summed E-state index contributed by atoms with van der Waals surface area (Å²) in [5, 5.41) is 0. The molecule has 0 saturated carbocycles. The fourth-order valence-corrected chi connectivity index (χ4v) is 1.96. The van der Waals surface area contributed by atoms with Gasteiger partial charge in [-0.15, -0.1) is 0 Å². The minimum Gasteiger partial charge on any atom is -0.0609 e. The minimum atomic E-state index is 0.464. The Labute approximate surface area is 95.9 Å². The summed E-state index contributed by atoms with van der Waals surface area (Å²) in [5.41, 5.74) is 1.90. The molecule has 0 aliphatic heterocycles. The van der Waals surface area contributed by atoms with Crippen molar-refractivity contribution in [3.8, 4) is 0 Å². The third-order valence-electron chi connectivity index (χ3n) is 2.28. The van der Waals surface area contributed by atoms with Crippen LogP contribution < -0.4 is 0 Å². The van der Waals surface area contributed by atoms with Crippen LogP contribution in [0.25, 0.3) is 0 Å². The molecule has 1 aromatic carbocycles. The van der Waals surface area contributed by atoms with Crippen molar-refractivity contribution in [3.05, 3.63) is 34.3 Å². The van der Waals surface area contributed by atoms with Gasteiger partial charge < -0.3 is 0 Å². The Kier molecular flexibility index (Phi) is 4.18. The number of benzene rings is 1. The highest BCUT2D eigenvalue weighted by Gasteiger charge is 2.09. The zero-order valence-corrected chi connectivity index (χ0v) is 10.9. The SMILES string of the molecule is CC(C)(C)CCCc1cccc(Br)c1. The van der Waals surface area contributed by atoms with Crippen LogP contribution in [-0.2, 0) is 6.42 Å². The molecule has 78 valence electrons. The van der Waals surface area contributed by atoms with Crippen LogP contribution in [0.15, 0.2) is 28.7 Å². The van der Waals surface area contributed by atoms with E-state index in [0.29, 0.717) is 5.41 Å². The molecule has 14 heavy (non-hydrogen) atoms. The average molecular weight is 255 g/mol. The maximum atomic E-state index is 3.49. The summed E-state index contributed by atoms with van der Waals surface area (Å²) in [6.07, 6.45) is 3.76. The maximum Gasteiger partial charge on any atom is 0.0177 e. The number of aryl methyl sites for hydroxylation is 1. The predicted molar refractivity (Wildman–Crippen MR) is 66.5 cm³/mol. The van der Waals surface area contributed by atoms with Crippen LogP contribution in [0.4, 0.5) is 0 Å². The first-order valence-electron chi connectivity index (χ1n) is 5.22. The van der Waals surface area contributed by atoms with Crippen LogP contribution in [0.2, 0.25) is 0 Å². The molecule has 0 bridgehead atoms. The average Bonchev–Trinajstić information content (AvgIpc) is 2.01. The first-order chi connectivity index (χ1) is 6.47. The second kappa shape index (κ2) is 4.97. The molecule has 0 radical (unpaired) electrons. The number of hydrogen-bond acceptors (Lipinski definition) is 0. The first kappa shape index (κ1) is 11.8. The Hall–Kier alpha value is -0.300. The maximum absolute atomic E-state index is 3.49. The lowest BCUT2D eigenvalue weighted by Crippen LogP contribution is -2.04. The van der Waals surface area contributed by atoms with E-state index in [1.54, 1.807) is 0 Å². The number of hydrogen-bond donors (Lipinski definition) is 0. The van der Waals surface area contributed by atoms with E-state index in [1.165, 1.54) is 29.3 Å². The molecule has 0 spiro atoms. The van der Waals surface area contributed by atoms with E-state index in [1.807, 2.05) is 0 Å². The van der Waals surface area contributed by atoms with Gasteiger partial charge in [0.2, 0.25) is 0 Å². The highest BCUT2D eigenvalue weighted by Crippen LogP contribution is 2.22. The van der Waals surface area contributed by atoms with Crippen LogP contribution in [0.1, 0.15) is 39.2 Å². The zero-order valence-electron chi connectivity index (χ0n) is 9.31. The molecule has 0 heterocycles. The molecule has 1 aromatic rings. The summed E-state index contributed by atoms with van der Waals surface area (Å²) in [5.74, 6) is 0. The van der Waals surface area contributed by atoms with E-state index in [4.69, 9.17) is 0 Å². The van der Waals surface area contributed by atoms with E-state index in [0.717, 1.165) is 0 Å². The Morgan fingerprint density at radius 2 is 1.93 bits per heavy atom. The fourth-order valence-electron chi connectivity index (χ4n) is 1.52. The molecular weight excluding hydrogens is 236 g/mol. The summed E-state index contributed by atoms with van der Waals surface area (Å²) in [6, 6.07) is 8.60. The molecule has 0 amide bonds. The van der Waals surface area contributed by atoms with Gasteiger partial charge in [0.15, 0.2) is 0 Å². The van der Waals surface area contributed by atoms with Gasteiger partial charge in [-0.25, -0.2) is 0 Å². The molecule has 0 nitrogen and oxygen atoms in total. The first-order valence-corrected chi connectivity index (χ1v) is 6.01. The number of halogens is 1. The molecule has 0 N–H and O–H groups in total. The third kappa shape index (κ3) is 4.80. The van der Waals surface area contributed by atoms with E-state index >= 15 is 0 Å². The normalized spacial score (nSPS) is 11.7. The Morgan fingerprint density at radius 1 is 1.21 bits per heavy atom. The Morgan fingerprint density at radius 3 is 2.50 bits per heavy atom. The standard InChI is InChI=1S/C13H19Br/c1-13(2,3)9-5-7-11-6-4-8-12(14)10-11/h4,6,8,10H,5,7,9H2,1-3H3. The van der Waals surface area contributed by atoms with E-state index in [9.17, 15) is 0 Å². The molecule has 0 aliphatic rings. The van der Waals surface area contributed by atoms with Gasteiger partial charge in [-0.05, 0) is 42.4 Å². The van der Waals surface area contributed by atoms with Gasteiger partial charge in [0.05, 0.1) is 0 Å². The van der Waals surface area contributed by atoms with Crippen molar-refractivity contribution in [1.82, 2.24) is 0 Å². The molecule has 1 rings (SSSR count). The minimum absolute atomic E-state index is 0.464. The van der Waals surface area contributed by atoms with Crippen molar-refractivity contribution in [2.75, 3.05) is 0 Å². The highest BCUT2D eigenvalue weighted by atomic mass is 79.9. The monoisotopic (exact) mass is 254 g/mol. The van der Waals surface area contributed by atoms with Crippen LogP contribution in [-0.4, -0.2) is 0 Å². The van der Waals surface area contributed by atoms with Gasteiger partial charge in [-0.3, -0.25) is 0 Å². The van der Waals surface area contributed by atoms with Crippen molar-refractivity contribution < 1.29 is 0 Å². The van der Waals surface area contributed by atoms with Crippen molar-refractivity contribution in [2.45, 2.75) is 40.0 Å². The third-order valence-corrected chi connectivity index (χ3v) is 2.77. The van der Waals surface area contributed by atoms with Crippen molar-refractivity contribution in [3.63, 3.8) is 0 Å². The largest absolute Gasteiger partial charge is 0.0609 e. The van der Waals surface area contributed by atoms with Crippen molar-refractivity contribution >= 4 is 15.9 Å². The summed E-state index contributed by atoms with van der Waals surface area (Å²) in [4.78, 5) is 0. The quantitative estimate of drug-likeness (QED) is 0.726. The van der Waals surface area contributed by atoms with Crippen LogP contribution in [0.3, 0.4) is 0 Å². The summed E-state index contributed by atoms with van der Waals surface area (Å²) in [7, 11) is 0. The smallest absolute Gasteiger partial charge is 0.0177 e. The Bertz CT molecular complexity index is 284. The topological polar surface area (TPSA) is 0 Å². The molecule has 0 saturated heterocycles. The van der Waals surface area contributed by atoms with Gasteiger partial charge in [0.25, 0.3) is 0 Å². The number of rotatable bonds is 3. The molecule has 0 atom stereocenters. The highest BCUT2D eigenvalue weighted by molar-refractivity contribution is 9.10. The molecule has 0 unspecified atom stereocenters. The van der Waals surface area contributed by atoms with Crippen LogP contribution >= 0.6 is 15.9 Å². The van der Waals surface area contributed by atoms with E-state index in [2.05, 4.69) is 61.0 Å². The van der Waals surface area contributed by atoms with Gasteiger partial charge in [-0.2, -0.15) is 0 Å². The van der Waals surface area contributed by atoms with Crippen molar-refractivity contribution in [1.29, 1.82) is 0 Å². The lowest BCUT2D eigenvalue weighted by Gasteiger charge is -2.17. The van der Waals surface area contributed by atoms with Crippen LogP contribution in [0, 0.1) is 5.41 Å². The van der Waals surface area contributed by atoms with Crippen LogP contribution in [0.5, 0.6) is 0 Å². The summed E-state index contributed by atoms with van der Waals surface area (Å²) >= 11 is 3.49. The Balaban J connectivity index is 2.39. The summed E-state index contributed by atoms with van der Waals surface area (Å²) in [6.45, 7) is 6.90. The summed E-state index contributed by atoms with van der Waals surface area (Å²) < 4.78 is 1.19. The molecule has 0 fully saturated rings. The molecular formula is C13H19Br. The van der Waals surface area contributed by atoms with E-state index < -0.39 is 0 Å². The molecule has 1 heteroatoms. The molecule has 0 aromatic heterocycles. The van der Waals surface area contributed by atoms with Gasteiger partial charge in [0.1, 0.15) is 0 Å². The van der Waals surface area contributed by atoms with Gasteiger partial charge in [0, 0.05) is 4.47 Å². The van der Waals surface area contributed by atoms with E-state index in [-0.39, 0.29) is 0 Å². The van der Waals surface area contributed by atoms with Gasteiger partial charge >= 0.3 is 0 Å². The predicted octanol–water partition coefficient (Wildman–Crippen LogP) is 4.82. The second-order valence-electron chi connectivity index (χ2n) is 5.04. The lowest BCUT2D eigenvalue weighted by molar-refractivity contribution is 0.365. The fraction of sp³-hybridized carbons (Fsp3) is 0.538. The zero-order chi connectivity index (χ0) is 10.6. The lowest BCUT2D eigenvalue weighted by atomic mass is 9.89. The van der Waals surface area contributed by atoms with Crippen molar-refractivity contribution in [2.24, 2.45) is 5.41 Å².